The number of carbonyl (C=O) groups excluding carboxylic acids is 1. The van der Waals surface area contributed by atoms with Gasteiger partial charge >= 0.3 is 0 Å². The molecule has 13 heavy (non-hydrogen) atoms. The monoisotopic (exact) mass is 188 g/mol. The number of hydrogen-bond acceptors (Lipinski definition) is 3. The van der Waals surface area contributed by atoms with Crippen LogP contribution >= 0.6 is 0 Å². The summed E-state index contributed by atoms with van der Waals surface area (Å²) in [5, 5.41) is 3.02. The first-order valence-corrected chi connectivity index (χ1v) is 4.44. The number of nitrogens with two attached hydrogens (primary N) is 1. The summed E-state index contributed by atoms with van der Waals surface area (Å²) in [5.41, 5.74) is 4.84. The van der Waals surface area contributed by atoms with Crippen LogP contribution in [0.5, 0.6) is 0 Å². The minimum Gasteiger partial charge on any atom is -0.379 e. The average molecular weight is 188 g/mol. The lowest BCUT2D eigenvalue weighted by Crippen LogP contribution is -2.39. The molecular formula is C9H20N2O2. The molecule has 0 spiro atoms. The van der Waals surface area contributed by atoms with Gasteiger partial charge in [0.15, 0.2) is 0 Å². The third kappa shape index (κ3) is 6.54. The van der Waals surface area contributed by atoms with E-state index in [-0.39, 0.29) is 24.1 Å². The van der Waals surface area contributed by atoms with E-state index in [1.807, 2.05) is 20.8 Å². The quantitative estimate of drug-likeness (QED) is 0.628. The molecule has 78 valence electrons. The molecule has 0 fully saturated rings. The van der Waals surface area contributed by atoms with E-state index in [1.165, 1.54) is 0 Å². The number of amides is 1. The maximum atomic E-state index is 10.5. The zero-order valence-electron chi connectivity index (χ0n) is 8.89. The van der Waals surface area contributed by atoms with E-state index in [0.29, 0.717) is 0 Å². The van der Waals surface area contributed by atoms with Crippen molar-refractivity contribution >= 4 is 5.91 Å². The number of carbonyl (C=O) groups is 1. The van der Waals surface area contributed by atoms with Gasteiger partial charge in [0.25, 0.3) is 0 Å². The molecule has 4 nitrogen and oxygen atoms in total. The highest BCUT2D eigenvalue weighted by Crippen LogP contribution is 2.14. The first-order chi connectivity index (χ1) is 5.87. The molecule has 0 aromatic heterocycles. The first kappa shape index (κ1) is 12.4. The van der Waals surface area contributed by atoms with Crippen LogP contribution in [0.3, 0.4) is 0 Å². The summed E-state index contributed by atoms with van der Waals surface area (Å²) < 4.78 is 5.26. The Hall–Kier alpha value is -0.610. The van der Waals surface area contributed by atoms with Gasteiger partial charge in [-0.3, -0.25) is 4.79 Å². The molecule has 0 aliphatic heterocycles. The predicted molar refractivity (Wildman–Crippen MR) is 52.4 cm³/mol. The molecule has 3 N–H and O–H groups in total. The Morgan fingerprint density at radius 1 is 1.62 bits per heavy atom. The van der Waals surface area contributed by atoms with Gasteiger partial charge < -0.3 is 15.8 Å². The van der Waals surface area contributed by atoms with Crippen LogP contribution in [0.25, 0.3) is 0 Å². The Labute approximate surface area is 79.8 Å². The molecule has 0 aliphatic carbocycles. The zero-order valence-corrected chi connectivity index (χ0v) is 8.89. The van der Waals surface area contributed by atoms with Crippen LogP contribution in [0.2, 0.25) is 0 Å². The summed E-state index contributed by atoms with van der Waals surface area (Å²) in [6.45, 7) is 6.25. The van der Waals surface area contributed by atoms with Crippen molar-refractivity contribution in [2.45, 2.75) is 38.8 Å². The van der Waals surface area contributed by atoms with Gasteiger partial charge in [-0.1, -0.05) is 0 Å². The molecule has 4 heteroatoms. The number of methoxy groups -OCH3 is 1. The normalized spacial score (nSPS) is 14.2. The van der Waals surface area contributed by atoms with Gasteiger partial charge in [0.05, 0.1) is 12.1 Å². The summed E-state index contributed by atoms with van der Waals surface area (Å²) in [5.74, 6) is -0.331. The van der Waals surface area contributed by atoms with Crippen LogP contribution in [0.15, 0.2) is 0 Å². The minimum atomic E-state index is -0.331. The van der Waals surface area contributed by atoms with Crippen LogP contribution in [-0.4, -0.2) is 31.2 Å². The van der Waals surface area contributed by atoms with Gasteiger partial charge in [-0.15, -0.1) is 0 Å². The fourth-order valence-corrected chi connectivity index (χ4v) is 1.17. The van der Waals surface area contributed by atoms with Gasteiger partial charge in [-0.2, -0.15) is 0 Å². The molecule has 1 amide bonds. The molecule has 0 saturated carbocycles. The van der Waals surface area contributed by atoms with E-state index in [1.54, 1.807) is 7.11 Å². The lowest BCUT2D eigenvalue weighted by molar-refractivity contribution is -0.117. The molecule has 0 saturated heterocycles. The Balaban J connectivity index is 3.73. The lowest BCUT2D eigenvalue weighted by Gasteiger charge is -2.26. The second-order valence-electron chi connectivity index (χ2n) is 3.92. The number of rotatable bonds is 6. The molecule has 0 bridgehead atoms. The maximum absolute atomic E-state index is 10.5. The second-order valence-corrected chi connectivity index (χ2v) is 3.92. The van der Waals surface area contributed by atoms with Crippen LogP contribution in [0, 0.1) is 0 Å². The molecular weight excluding hydrogens is 168 g/mol. The summed E-state index contributed by atoms with van der Waals surface area (Å²) in [7, 11) is 1.68. The third-order valence-corrected chi connectivity index (χ3v) is 1.98. The molecule has 0 aromatic rings. The highest BCUT2D eigenvalue weighted by molar-refractivity contribution is 5.75. The van der Waals surface area contributed by atoms with Crippen LogP contribution in [-0.2, 0) is 9.53 Å². The fourth-order valence-electron chi connectivity index (χ4n) is 1.17. The van der Waals surface area contributed by atoms with E-state index in [9.17, 15) is 4.79 Å². The largest absolute Gasteiger partial charge is 0.379 e. The van der Waals surface area contributed by atoms with Crippen molar-refractivity contribution in [2.24, 2.45) is 5.73 Å². The lowest BCUT2D eigenvalue weighted by atomic mass is 10.00. The predicted octanol–water partition coefficient (Wildman–Crippen LogP) is 0.265. The topological polar surface area (TPSA) is 64.3 Å². The third-order valence-electron chi connectivity index (χ3n) is 1.98. The molecule has 0 aliphatic rings. The maximum Gasteiger partial charge on any atom is 0.231 e. The standard InChI is InChI=1S/C9H20N2O2/c1-7(11-6-8(10)12)5-9(2,3)13-4/h7,11H,5-6H2,1-4H3,(H2,10,12). The van der Waals surface area contributed by atoms with E-state index in [2.05, 4.69) is 5.32 Å². The Morgan fingerprint density at radius 3 is 2.54 bits per heavy atom. The fraction of sp³-hybridized carbons (Fsp3) is 0.889. The van der Waals surface area contributed by atoms with Gasteiger partial charge in [-0.05, 0) is 27.2 Å². The van der Waals surface area contributed by atoms with Gasteiger partial charge in [-0.25, -0.2) is 0 Å². The summed E-state index contributed by atoms with van der Waals surface area (Å²) in [6, 6.07) is 0.224. The Morgan fingerprint density at radius 2 is 2.15 bits per heavy atom. The highest BCUT2D eigenvalue weighted by atomic mass is 16.5. The van der Waals surface area contributed by atoms with Crippen LogP contribution in [0.4, 0.5) is 0 Å². The highest BCUT2D eigenvalue weighted by Gasteiger charge is 2.19. The molecule has 0 aromatic carbocycles. The number of hydrogen-bond donors (Lipinski definition) is 2. The van der Waals surface area contributed by atoms with Gasteiger partial charge in [0, 0.05) is 13.2 Å². The van der Waals surface area contributed by atoms with Crippen molar-refractivity contribution in [1.29, 1.82) is 0 Å². The number of nitrogens with one attached hydrogen (secondary N) is 1. The van der Waals surface area contributed by atoms with Crippen molar-refractivity contribution < 1.29 is 9.53 Å². The van der Waals surface area contributed by atoms with E-state index in [4.69, 9.17) is 10.5 Å². The van der Waals surface area contributed by atoms with Crippen molar-refractivity contribution in [3.63, 3.8) is 0 Å². The van der Waals surface area contributed by atoms with E-state index >= 15 is 0 Å². The van der Waals surface area contributed by atoms with E-state index in [0.717, 1.165) is 6.42 Å². The Bertz CT molecular complexity index is 169. The Kier molecular flexibility index (Phi) is 4.95. The van der Waals surface area contributed by atoms with Crippen LogP contribution in [0.1, 0.15) is 27.2 Å². The number of primary amides is 1. The van der Waals surface area contributed by atoms with Crippen LogP contribution < -0.4 is 11.1 Å². The average Bonchev–Trinajstić information content (AvgIpc) is 2.00. The molecule has 1 atom stereocenters. The first-order valence-electron chi connectivity index (χ1n) is 4.44. The summed E-state index contributed by atoms with van der Waals surface area (Å²) in [6.07, 6.45) is 0.844. The van der Waals surface area contributed by atoms with E-state index < -0.39 is 0 Å². The van der Waals surface area contributed by atoms with Gasteiger partial charge in [0.2, 0.25) is 5.91 Å². The SMILES string of the molecule is COC(C)(C)CC(C)NCC(N)=O. The molecule has 0 heterocycles. The second kappa shape index (κ2) is 5.19. The van der Waals surface area contributed by atoms with Crippen molar-refractivity contribution in [3.05, 3.63) is 0 Å². The summed E-state index contributed by atoms with van der Waals surface area (Å²) >= 11 is 0. The smallest absolute Gasteiger partial charge is 0.231 e. The molecule has 0 rings (SSSR count). The zero-order chi connectivity index (χ0) is 10.5. The van der Waals surface area contributed by atoms with Crippen molar-refractivity contribution in [3.8, 4) is 0 Å². The molecule has 1 unspecified atom stereocenters. The summed E-state index contributed by atoms with van der Waals surface area (Å²) in [4.78, 5) is 10.5. The van der Waals surface area contributed by atoms with Crippen molar-refractivity contribution in [1.82, 2.24) is 5.32 Å². The number of ether oxygens (including phenoxy) is 1. The molecule has 0 radical (unpaired) electrons. The minimum absolute atomic E-state index is 0.163. The van der Waals surface area contributed by atoms with Crippen molar-refractivity contribution in [2.75, 3.05) is 13.7 Å². The van der Waals surface area contributed by atoms with Gasteiger partial charge in [0.1, 0.15) is 0 Å².